The number of primary amides is 1. The van der Waals surface area contributed by atoms with E-state index in [2.05, 4.69) is 16.9 Å². The van der Waals surface area contributed by atoms with E-state index in [-0.39, 0.29) is 18.0 Å². The summed E-state index contributed by atoms with van der Waals surface area (Å²) in [4.78, 5) is 25.7. The molecule has 3 aliphatic rings. The van der Waals surface area contributed by atoms with Crippen molar-refractivity contribution in [3.63, 3.8) is 0 Å². The molecule has 0 radical (unpaired) electrons. The van der Waals surface area contributed by atoms with Crippen molar-refractivity contribution in [3.05, 3.63) is 46.8 Å². The Bertz CT molecular complexity index is 1250. The van der Waals surface area contributed by atoms with Crippen LogP contribution in [-0.2, 0) is 17.6 Å². The van der Waals surface area contributed by atoms with Gasteiger partial charge in [-0.2, -0.15) is 5.10 Å². The van der Waals surface area contributed by atoms with Crippen molar-refractivity contribution in [1.82, 2.24) is 14.7 Å². The number of nitrogens with two attached hydrogens (primary N) is 1. The highest BCUT2D eigenvalue weighted by molar-refractivity contribution is 5.93. The molecule has 0 bridgehead atoms. The number of aromatic nitrogens is 2. The van der Waals surface area contributed by atoms with E-state index in [1.54, 1.807) is 36.0 Å². The van der Waals surface area contributed by atoms with Gasteiger partial charge in [0.25, 0.3) is 11.8 Å². The summed E-state index contributed by atoms with van der Waals surface area (Å²) in [6.07, 6.45) is -1.46. The molecule has 9 heteroatoms. The number of alkyl halides is 2. The molecule has 4 atom stereocenters. The molecule has 2 heterocycles. The normalized spacial score (nSPS) is 30.0. The van der Waals surface area contributed by atoms with Crippen molar-refractivity contribution >= 4 is 11.8 Å². The van der Waals surface area contributed by atoms with Crippen molar-refractivity contribution in [3.8, 4) is 17.5 Å². The Balaban J connectivity index is 1.52. The third kappa shape index (κ3) is 3.23. The molecule has 1 aliphatic heterocycles. The van der Waals surface area contributed by atoms with Crippen LogP contribution in [0.1, 0.15) is 40.7 Å². The number of likely N-dealkylation sites (tertiary alicyclic amines) is 1. The Morgan fingerprint density at radius 3 is 2.79 bits per heavy atom. The average Bonchev–Trinajstić information content (AvgIpc) is 3.08. The molecule has 33 heavy (non-hydrogen) atoms. The van der Waals surface area contributed by atoms with Crippen molar-refractivity contribution in [2.45, 2.75) is 38.2 Å². The molecule has 1 aromatic heterocycles. The van der Waals surface area contributed by atoms with Gasteiger partial charge in [-0.05, 0) is 42.4 Å². The van der Waals surface area contributed by atoms with Gasteiger partial charge in [-0.3, -0.25) is 9.59 Å². The highest BCUT2D eigenvalue weighted by Crippen LogP contribution is 2.66. The van der Waals surface area contributed by atoms with Crippen LogP contribution in [0, 0.1) is 29.1 Å². The fourth-order valence-corrected chi connectivity index (χ4v) is 5.51. The highest BCUT2D eigenvalue weighted by Gasteiger charge is 2.67. The summed E-state index contributed by atoms with van der Waals surface area (Å²) in [7, 11) is 1.61. The molecule has 7 nitrogen and oxygen atoms in total. The predicted molar refractivity (Wildman–Crippen MR) is 115 cm³/mol. The van der Waals surface area contributed by atoms with Gasteiger partial charge in [0.1, 0.15) is 0 Å². The van der Waals surface area contributed by atoms with Crippen molar-refractivity contribution in [1.29, 1.82) is 0 Å². The summed E-state index contributed by atoms with van der Waals surface area (Å²) >= 11 is 0. The van der Waals surface area contributed by atoms with Gasteiger partial charge < -0.3 is 15.7 Å². The molecule has 2 aromatic rings. The number of hydrogen-bond donors (Lipinski definition) is 2. The Kier molecular flexibility index (Phi) is 4.66. The summed E-state index contributed by atoms with van der Waals surface area (Å²) in [5, 5.41) is 15.0. The van der Waals surface area contributed by atoms with E-state index in [0.717, 1.165) is 0 Å². The van der Waals surface area contributed by atoms with E-state index in [1.165, 1.54) is 4.90 Å². The maximum absolute atomic E-state index is 13.6. The lowest BCUT2D eigenvalue weighted by molar-refractivity contribution is -0.137. The molecular formula is C24H24F2N4O3. The monoisotopic (exact) mass is 454 g/mol. The van der Waals surface area contributed by atoms with E-state index in [9.17, 15) is 23.5 Å². The van der Waals surface area contributed by atoms with Crippen LogP contribution in [0.4, 0.5) is 8.78 Å². The van der Waals surface area contributed by atoms with Crippen LogP contribution in [0.25, 0.3) is 5.69 Å². The number of carbonyl (C=O) groups is 2. The van der Waals surface area contributed by atoms with Crippen LogP contribution in [0.2, 0.25) is 0 Å². The first-order chi connectivity index (χ1) is 15.5. The van der Waals surface area contributed by atoms with Gasteiger partial charge >= 0.3 is 0 Å². The summed E-state index contributed by atoms with van der Waals surface area (Å²) in [5.41, 5.74) is 5.90. The second-order valence-electron chi connectivity index (χ2n) is 9.54. The lowest BCUT2D eigenvalue weighted by atomic mass is 9.87. The second kappa shape index (κ2) is 7.12. The summed E-state index contributed by atoms with van der Waals surface area (Å²) < 4.78 is 28.7. The van der Waals surface area contributed by atoms with Crippen molar-refractivity contribution in [2.75, 3.05) is 13.6 Å². The predicted octanol–water partition coefficient (Wildman–Crippen LogP) is 1.53. The van der Waals surface area contributed by atoms with E-state index in [0.29, 0.717) is 41.9 Å². The minimum Gasteiger partial charge on any atom is -0.369 e. The van der Waals surface area contributed by atoms with Gasteiger partial charge in [0.15, 0.2) is 5.69 Å². The van der Waals surface area contributed by atoms with Crippen LogP contribution in [-0.4, -0.2) is 57.2 Å². The highest BCUT2D eigenvalue weighted by atomic mass is 19.3. The number of likely N-dealkylation sites (N-methyl/N-ethyl adjacent to an activating group) is 1. The van der Waals surface area contributed by atoms with Gasteiger partial charge in [0, 0.05) is 42.8 Å². The number of amides is 2. The first-order valence-electron chi connectivity index (χ1n) is 10.9. The van der Waals surface area contributed by atoms with Crippen LogP contribution in [0.15, 0.2) is 24.3 Å². The standard InChI is InChI=1S/C24H24F2N4O3/c1-23-12-17-15(11-16(23)18(23)20(25)26)19(21(27)31)28-30(17)14-5-3-4-13(10-14)6-7-24(33)8-9-29(2)22(24)32/h3-5,10,16,18,20,33H,8-9,11-12H2,1-2H3,(H2,27,31). The number of carbonyl (C=O) groups excluding carboxylic acids is 2. The molecule has 4 unspecified atom stereocenters. The first-order valence-corrected chi connectivity index (χ1v) is 10.9. The molecule has 3 N–H and O–H groups in total. The SMILES string of the molecule is CN1CCC(O)(C#Cc2cccc(-n3nc(C(N)=O)c4c3CC3(C)C(C4)C3C(F)F)c2)C1=O. The van der Waals surface area contributed by atoms with Crippen LogP contribution >= 0.6 is 0 Å². The van der Waals surface area contributed by atoms with E-state index in [4.69, 9.17) is 5.73 Å². The quantitative estimate of drug-likeness (QED) is 0.687. The van der Waals surface area contributed by atoms with E-state index >= 15 is 0 Å². The Hall–Kier alpha value is -3.25. The van der Waals surface area contributed by atoms with Gasteiger partial charge in [-0.25, -0.2) is 13.5 Å². The third-order valence-corrected chi connectivity index (χ3v) is 7.51. The number of halogens is 2. The number of nitrogens with zero attached hydrogens (tertiary/aromatic N) is 3. The largest absolute Gasteiger partial charge is 0.369 e. The average molecular weight is 454 g/mol. The zero-order valence-corrected chi connectivity index (χ0v) is 18.3. The van der Waals surface area contributed by atoms with Crippen molar-refractivity contribution < 1.29 is 23.5 Å². The number of aliphatic hydroxyl groups is 1. The summed E-state index contributed by atoms with van der Waals surface area (Å²) in [6, 6.07) is 6.98. The van der Waals surface area contributed by atoms with E-state index < -0.39 is 35.2 Å². The Morgan fingerprint density at radius 2 is 2.15 bits per heavy atom. The summed E-state index contributed by atoms with van der Waals surface area (Å²) in [5.74, 6) is 3.52. The lowest BCUT2D eigenvalue weighted by Gasteiger charge is -2.20. The molecular weight excluding hydrogens is 430 g/mol. The van der Waals surface area contributed by atoms with Gasteiger partial charge in [0.05, 0.1) is 5.69 Å². The van der Waals surface area contributed by atoms with Gasteiger partial charge in [-0.15, -0.1) is 0 Å². The van der Waals surface area contributed by atoms with Gasteiger partial charge in [-0.1, -0.05) is 24.8 Å². The Labute approximate surface area is 189 Å². The molecule has 0 spiro atoms. The molecule has 172 valence electrons. The topological polar surface area (TPSA) is 101 Å². The fourth-order valence-electron chi connectivity index (χ4n) is 5.51. The smallest absolute Gasteiger partial charge is 0.269 e. The maximum atomic E-state index is 13.6. The second-order valence-corrected chi connectivity index (χ2v) is 9.54. The zero-order chi connectivity index (χ0) is 23.7. The molecule has 1 saturated heterocycles. The number of fused-ring (bicyclic) bond motifs is 2. The van der Waals surface area contributed by atoms with Crippen LogP contribution in [0.3, 0.4) is 0 Å². The number of rotatable bonds is 3. The van der Waals surface area contributed by atoms with Gasteiger partial charge in [0.2, 0.25) is 12.0 Å². The Morgan fingerprint density at radius 1 is 1.39 bits per heavy atom. The molecule has 1 saturated carbocycles. The number of benzene rings is 1. The van der Waals surface area contributed by atoms with Crippen LogP contribution < -0.4 is 5.73 Å². The molecule has 2 fully saturated rings. The molecule has 2 aliphatic carbocycles. The lowest BCUT2D eigenvalue weighted by Crippen LogP contribution is -2.37. The van der Waals surface area contributed by atoms with E-state index in [1.807, 2.05) is 6.92 Å². The minimum atomic E-state index is -2.41. The minimum absolute atomic E-state index is 0.109. The zero-order valence-electron chi connectivity index (χ0n) is 18.3. The fraction of sp³-hybridized carbons (Fsp3) is 0.458. The number of hydrogen-bond acceptors (Lipinski definition) is 4. The van der Waals surface area contributed by atoms with Crippen molar-refractivity contribution in [2.24, 2.45) is 23.0 Å². The first kappa shape index (κ1) is 21.6. The summed E-state index contributed by atoms with van der Waals surface area (Å²) in [6.45, 7) is 2.29. The third-order valence-electron chi connectivity index (χ3n) is 7.51. The van der Waals surface area contributed by atoms with Crippen LogP contribution in [0.5, 0.6) is 0 Å². The molecule has 1 aromatic carbocycles. The maximum Gasteiger partial charge on any atom is 0.269 e. The molecule has 5 rings (SSSR count). The molecule has 2 amide bonds.